The molecular weight excluding hydrogens is 367 g/mol. The first-order valence-electron chi connectivity index (χ1n) is 11.4. The topological polar surface area (TPSA) is 0 Å². The summed E-state index contributed by atoms with van der Waals surface area (Å²) >= 11 is 0. The van der Waals surface area contributed by atoms with Crippen molar-refractivity contribution in [1.29, 1.82) is 0 Å². The fraction of sp³-hybridized carbons (Fsp3) is 0.379. The number of aryl methyl sites for hydroxylation is 1. The van der Waals surface area contributed by atoms with Crippen LogP contribution in [0, 0.1) is 30.5 Å². The molecule has 3 aromatic carbocycles. The first-order chi connectivity index (χ1) is 14.6. The van der Waals surface area contributed by atoms with Gasteiger partial charge in [-0.15, -0.1) is 0 Å². The smallest absolute Gasteiger partial charge is 0.146 e. The van der Waals surface area contributed by atoms with Crippen LogP contribution >= 0.6 is 0 Å². The van der Waals surface area contributed by atoms with Gasteiger partial charge in [-0.2, -0.15) is 0 Å². The van der Waals surface area contributed by atoms with Gasteiger partial charge in [-0.3, -0.25) is 0 Å². The van der Waals surface area contributed by atoms with E-state index >= 15 is 0 Å². The zero-order valence-corrected chi connectivity index (χ0v) is 18.2. The summed E-state index contributed by atoms with van der Waals surface area (Å²) in [4.78, 5) is 0. The van der Waals surface area contributed by atoms with E-state index in [9.17, 15) is 4.39 Å². The third-order valence-electron chi connectivity index (χ3n) is 6.65. The molecule has 0 atom stereocenters. The van der Waals surface area contributed by atoms with Gasteiger partial charge in [0.1, 0.15) is 5.82 Å². The van der Waals surface area contributed by atoms with Crippen LogP contribution in [0.1, 0.15) is 80.0 Å². The summed E-state index contributed by atoms with van der Waals surface area (Å²) in [6, 6.07) is 18.2. The van der Waals surface area contributed by atoms with Gasteiger partial charge in [0, 0.05) is 10.9 Å². The summed E-state index contributed by atoms with van der Waals surface area (Å²) < 4.78 is 14.8. The van der Waals surface area contributed by atoms with Crippen molar-refractivity contribution >= 4 is 10.8 Å². The summed E-state index contributed by atoms with van der Waals surface area (Å²) in [5, 5.41) is 1.56. The van der Waals surface area contributed by atoms with Crippen LogP contribution in [0.25, 0.3) is 10.8 Å². The van der Waals surface area contributed by atoms with E-state index < -0.39 is 0 Å². The van der Waals surface area contributed by atoms with E-state index in [0.29, 0.717) is 16.9 Å². The van der Waals surface area contributed by atoms with Crippen LogP contribution in [0.15, 0.2) is 54.6 Å². The fourth-order valence-electron chi connectivity index (χ4n) is 4.76. The average Bonchev–Trinajstić information content (AvgIpc) is 2.78. The van der Waals surface area contributed by atoms with Gasteiger partial charge < -0.3 is 0 Å². The molecular formula is C29H31F. The molecule has 1 saturated carbocycles. The Kier molecular flexibility index (Phi) is 6.53. The first-order valence-corrected chi connectivity index (χ1v) is 11.4. The van der Waals surface area contributed by atoms with Gasteiger partial charge in [0.2, 0.25) is 0 Å². The van der Waals surface area contributed by atoms with Crippen LogP contribution in [0.4, 0.5) is 4.39 Å². The Balaban J connectivity index is 1.44. The van der Waals surface area contributed by atoms with Crippen LogP contribution in [0.5, 0.6) is 0 Å². The summed E-state index contributed by atoms with van der Waals surface area (Å²) in [5.41, 5.74) is 3.97. The lowest BCUT2D eigenvalue weighted by Gasteiger charge is -2.28. The Labute approximate surface area is 180 Å². The van der Waals surface area contributed by atoms with E-state index in [0.717, 1.165) is 22.4 Å². The number of fused-ring (bicyclic) bond motifs is 1. The summed E-state index contributed by atoms with van der Waals surface area (Å²) in [6.07, 6.45) is 9.44. The molecule has 0 saturated heterocycles. The van der Waals surface area contributed by atoms with Crippen molar-refractivity contribution in [2.24, 2.45) is 5.92 Å². The highest BCUT2D eigenvalue weighted by Crippen LogP contribution is 2.37. The second kappa shape index (κ2) is 9.48. The van der Waals surface area contributed by atoms with Crippen LogP contribution in [0.3, 0.4) is 0 Å². The van der Waals surface area contributed by atoms with Gasteiger partial charge in [0.25, 0.3) is 0 Å². The predicted octanol–water partition coefficient (Wildman–Crippen LogP) is 8.15. The lowest BCUT2D eigenvalue weighted by Crippen LogP contribution is -2.13. The minimum absolute atomic E-state index is 0.226. The molecule has 1 fully saturated rings. The molecule has 1 aliphatic carbocycles. The molecule has 0 bridgehead atoms. The molecule has 3 aromatic rings. The van der Waals surface area contributed by atoms with Crippen molar-refractivity contribution in [3.05, 3.63) is 82.7 Å². The SMILES string of the molecule is CCCCC1CCC(c2ccc(C#Cc3ccc4cc(C)ccc4c3F)cc2)CC1. The Morgan fingerprint density at radius 1 is 0.900 bits per heavy atom. The van der Waals surface area contributed by atoms with E-state index in [1.807, 2.05) is 31.2 Å². The minimum Gasteiger partial charge on any atom is -0.205 e. The predicted molar refractivity (Wildman–Crippen MR) is 125 cm³/mol. The quantitative estimate of drug-likeness (QED) is 0.389. The summed E-state index contributed by atoms with van der Waals surface area (Å²) in [6.45, 7) is 4.30. The molecule has 0 heterocycles. The highest BCUT2D eigenvalue weighted by Gasteiger charge is 2.21. The maximum Gasteiger partial charge on any atom is 0.146 e. The number of rotatable bonds is 4. The maximum atomic E-state index is 14.8. The largest absolute Gasteiger partial charge is 0.205 e. The Morgan fingerprint density at radius 3 is 2.40 bits per heavy atom. The van der Waals surface area contributed by atoms with Crippen molar-refractivity contribution in [3.63, 3.8) is 0 Å². The lowest BCUT2D eigenvalue weighted by molar-refractivity contribution is 0.304. The van der Waals surface area contributed by atoms with E-state index in [1.165, 1.54) is 50.5 Å². The molecule has 0 aromatic heterocycles. The Hall–Kier alpha value is -2.59. The highest BCUT2D eigenvalue weighted by molar-refractivity contribution is 5.85. The third kappa shape index (κ3) is 4.76. The lowest BCUT2D eigenvalue weighted by atomic mass is 9.77. The Bertz CT molecular complexity index is 1060. The molecule has 4 rings (SSSR count). The second-order valence-electron chi connectivity index (χ2n) is 8.88. The normalized spacial score (nSPS) is 18.8. The Morgan fingerprint density at radius 2 is 1.67 bits per heavy atom. The molecule has 1 aliphatic rings. The van der Waals surface area contributed by atoms with E-state index in [1.54, 1.807) is 6.07 Å². The number of unbranched alkanes of at least 4 members (excludes halogenated alkanes) is 1. The molecule has 30 heavy (non-hydrogen) atoms. The number of hydrogen-bond donors (Lipinski definition) is 0. The zero-order chi connectivity index (χ0) is 20.9. The van der Waals surface area contributed by atoms with Gasteiger partial charge in [-0.1, -0.05) is 80.0 Å². The van der Waals surface area contributed by atoms with Crippen molar-refractivity contribution in [2.75, 3.05) is 0 Å². The van der Waals surface area contributed by atoms with Gasteiger partial charge in [-0.05, 0) is 73.6 Å². The number of benzene rings is 3. The van der Waals surface area contributed by atoms with E-state index in [2.05, 4.69) is 43.0 Å². The average molecular weight is 399 g/mol. The van der Waals surface area contributed by atoms with Gasteiger partial charge >= 0.3 is 0 Å². The molecule has 0 amide bonds. The van der Waals surface area contributed by atoms with Gasteiger partial charge in [0.15, 0.2) is 0 Å². The molecule has 0 nitrogen and oxygen atoms in total. The van der Waals surface area contributed by atoms with E-state index in [4.69, 9.17) is 0 Å². The molecule has 0 unspecified atom stereocenters. The highest BCUT2D eigenvalue weighted by atomic mass is 19.1. The molecule has 0 aliphatic heterocycles. The van der Waals surface area contributed by atoms with Crippen molar-refractivity contribution in [1.82, 2.24) is 0 Å². The van der Waals surface area contributed by atoms with Crippen LogP contribution < -0.4 is 0 Å². The monoisotopic (exact) mass is 398 g/mol. The third-order valence-corrected chi connectivity index (χ3v) is 6.65. The molecule has 0 N–H and O–H groups in total. The molecule has 0 radical (unpaired) electrons. The molecule has 154 valence electrons. The van der Waals surface area contributed by atoms with Crippen LogP contribution in [-0.2, 0) is 0 Å². The molecule has 0 spiro atoms. The number of hydrogen-bond acceptors (Lipinski definition) is 0. The van der Waals surface area contributed by atoms with Crippen LogP contribution in [0.2, 0.25) is 0 Å². The fourth-order valence-corrected chi connectivity index (χ4v) is 4.76. The number of halogens is 1. The summed E-state index contributed by atoms with van der Waals surface area (Å²) in [7, 11) is 0. The zero-order valence-electron chi connectivity index (χ0n) is 18.2. The van der Waals surface area contributed by atoms with Crippen molar-refractivity contribution in [3.8, 4) is 11.8 Å². The van der Waals surface area contributed by atoms with Crippen molar-refractivity contribution < 1.29 is 4.39 Å². The molecule has 1 heteroatoms. The van der Waals surface area contributed by atoms with Gasteiger partial charge in [0.05, 0.1) is 5.56 Å². The maximum absolute atomic E-state index is 14.8. The van der Waals surface area contributed by atoms with Gasteiger partial charge in [-0.25, -0.2) is 4.39 Å². The summed E-state index contributed by atoms with van der Waals surface area (Å²) in [5.74, 6) is 7.58. The standard InChI is InChI=1S/C29H31F/c1-3-4-5-22-7-12-24(13-8-22)25-14-9-23(10-15-25)11-16-26-17-18-27-20-21(2)6-19-28(27)29(26)30/h6,9-10,14-15,17-20,22,24H,3-5,7-8,12-13H2,1-2H3. The first kappa shape index (κ1) is 20.7. The second-order valence-corrected chi connectivity index (χ2v) is 8.88. The van der Waals surface area contributed by atoms with Crippen molar-refractivity contribution in [2.45, 2.75) is 64.7 Å². The minimum atomic E-state index is -0.226. The van der Waals surface area contributed by atoms with E-state index in [-0.39, 0.29) is 5.82 Å². The van der Waals surface area contributed by atoms with Crippen LogP contribution in [-0.4, -0.2) is 0 Å².